The number of hydrogen-bond acceptors (Lipinski definition) is 4. The highest BCUT2D eigenvalue weighted by molar-refractivity contribution is 6.28. The molecule has 23 heavy (non-hydrogen) atoms. The zero-order chi connectivity index (χ0) is 15.6. The summed E-state index contributed by atoms with van der Waals surface area (Å²) in [7, 11) is 0. The van der Waals surface area contributed by atoms with Crippen LogP contribution in [0.2, 0.25) is 5.28 Å². The molecule has 3 heterocycles. The molecule has 0 aliphatic carbocycles. The van der Waals surface area contributed by atoms with Gasteiger partial charge >= 0.3 is 0 Å². The van der Waals surface area contributed by atoms with Gasteiger partial charge in [-0.3, -0.25) is 4.90 Å². The standard InChI is InChI=1S/C18H21ClN4/c19-18-20-16-13-22(12-14-6-2-1-3-7-14)11-8-15(16)17(21-18)23-9-4-5-10-23/h1-3,6-7H,4-5,8-13H2. The second-order valence-electron chi connectivity index (χ2n) is 6.38. The summed E-state index contributed by atoms with van der Waals surface area (Å²) in [4.78, 5) is 13.9. The molecule has 0 bridgehead atoms. The van der Waals surface area contributed by atoms with Gasteiger partial charge in [-0.2, -0.15) is 0 Å². The van der Waals surface area contributed by atoms with E-state index in [9.17, 15) is 0 Å². The predicted octanol–water partition coefficient (Wildman–Crippen LogP) is 3.29. The van der Waals surface area contributed by atoms with E-state index in [0.717, 1.165) is 50.7 Å². The third kappa shape index (κ3) is 3.19. The molecule has 5 heteroatoms. The highest BCUT2D eigenvalue weighted by atomic mass is 35.5. The largest absolute Gasteiger partial charge is 0.356 e. The first-order chi connectivity index (χ1) is 11.3. The van der Waals surface area contributed by atoms with Gasteiger partial charge in [-0.05, 0) is 36.4 Å². The van der Waals surface area contributed by atoms with Crippen LogP contribution in [0.1, 0.15) is 29.7 Å². The molecule has 120 valence electrons. The van der Waals surface area contributed by atoms with Crippen LogP contribution in [-0.2, 0) is 19.5 Å². The fourth-order valence-electron chi connectivity index (χ4n) is 3.60. The van der Waals surface area contributed by atoms with E-state index in [4.69, 9.17) is 11.6 Å². The van der Waals surface area contributed by atoms with E-state index in [1.54, 1.807) is 0 Å². The van der Waals surface area contributed by atoms with Crippen LogP contribution in [0, 0.1) is 0 Å². The second-order valence-corrected chi connectivity index (χ2v) is 6.72. The topological polar surface area (TPSA) is 32.3 Å². The Bertz CT molecular complexity index is 683. The van der Waals surface area contributed by atoms with E-state index in [0.29, 0.717) is 5.28 Å². The van der Waals surface area contributed by atoms with Crippen LogP contribution in [0.5, 0.6) is 0 Å². The van der Waals surface area contributed by atoms with Gasteiger partial charge in [0.2, 0.25) is 5.28 Å². The van der Waals surface area contributed by atoms with Gasteiger partial charge in [-0.15, -0.1) is 0 Å². The number of hydrogen-bond donors (Lipinski definition) is 0. The van der Waals surface area contributed by atoms with E-state index in [1.807, 2.05) is 0 Å². The summed E-state index contributed by atoms with van der Waals surface area (Å²) >= 11 is 6.20. The maximum atomic E-state index is 6.20. The van der Waals surface area contributed by atoms with E-state index >= 15 is 0 Å². The normalized spacial score (nSPS) is 18.2. The van der Waals surface area contributed by atoms with Crippen molar-refractivity contribution in [3.8, 4) is 0 Å². The van der Waals surface area contributed by atoms with Gasteiger partial charge in [0.1, 0.15) is 5.82 Å². The lowest BCUT2D eigenvalue weighted by atomic mass is 10.0. The second kappa shape index (κ2) is 6.46. The lowest BCUT2D eigenvalue weighted by Gasteiger charge is -2.31. The number of rotatable bonds is 3. The maximum Gasteiger partial charge on any atom is 0.224 e. The molecule has 0 saturated carbocycles. The Hall–Kier alpha value is -1.65. The third-order valence-corrected chi connectivity index (χ3v) is 4.92. The quantitative estimate of drug-likeness (QED) is 0.809. The van der Waals surface area contributed by atoms with Gasteiger partial charge in [0.25, 0.3) is 0 Å². The first-order valence-corrected chi connectivity index (χ1v) is 8.74. The number of nitrogens with zero attached hydrogens (tertiary/aromatic N) is 4. The minimum Gasteiger partial charge on any atom is -0.356 e. The van der Waals surface area contributed by atoms with Gasteiger partial charge in [0.05, 0.1) is 5.69 Å². The third-order valence-electron chi connectivity index (χ3n) is 4.75. The van der Waals surface area contributed by atoms with Crippen molar-refractivity contribution in [1.29, 1.82) is 0 Å². The molecule has 1 aromatic heterocycles. The zero-order valence-electron chi connectivity index (χ0n) is 13.2. The Morgan fingerprint density at radius 1 is 1.00 bits per heavy atom. The lowest BCUT2D eigenvalue weighted by Crippen LogP contribution is -2.33. The molecule has 4 rings (SSSR count). The highest BCUT2D eigenvalue weighted by Crippen LogP contribution is 2.30. The zero-order valence-corrected chi connectivity index (χ0v) is 14.0. The van der Waals surface area contributed by atoms with Crippen LogP contribution < -0.4 is 4.90 Å². The number of halogens is 1. The summed E-state index contributed by atoms with van der Waals surface area (Å²) < 4.78 is 0. The molecule has 1 aromatic carbocycles. The predicted molar refractivity (Wildman–Crippen MR) is 92.7 cm³/mol. The SMILES string of the molecule is Clc1nc2c(c(N3CCCC3)n1)CCN(Cc1ccccc1)C2. The fraction of sp³-hybridized carbons (Fsp3) is 0.444. The van der Waals surface area contributed by atoms with Gasteiger partial charge in [0, 0.05) is 38.3 Å². The molecule has 4 nitrogen and oxygen atoms in total. The van der Waals surface area contributed by atoms with Crippen molar-refractivity contribution in [2.45, 2.75) is 32.4 Å². The Balaban J connectivity index is 1.57. The van der Waals surface area contributed by atoms with Crippen LogP contribution in [0.3, 0.4) is 0 Å². The molecule has 1 saturated heterocycles. The van der Waals surface area contributed by atoms with Crippen LogP contribution in [0.15, 0.2) is 30.3 Å². The van der Waals surface area contributed by atoms with Crippen LogP contribution in [0.4, 0.5) is 5.82 Å². The summed E-state index contributed by atoms with van der Waals surface area (Å²) in [5.41, 5.74) is 3.76. The summed E-state index contributed by atoms with van der Waals surface area (Å²) in [6.07, 6.45) is 3.50. The van der Waals surface area contributed by atoms with Crippen molar-refractivity contribution in [1.82, 2.24) is 14.9 Å². The van der Waals surface area contributed by atoms with Crippen molar-refractivity contribution in [3.63, 3.8) is 0 Å². The van der Waals surface area contributed by atoms with E-state index in [2.05, 4.69) is 50.1 Å². The summed E-state index contributed by atoms with van der Waals surface area (Å²) in [5, 5.41) is 0.382. The monoisotopic (exact) mass is 328 g/mol. The molecule has 0 N–H and O–H groups in total. The molecule has 2 aliphatic rings. The van der Waals surface area contributed by atoms with Crippen LogP contribution >= 0.6 is 11.6 Å². The maximum absolute atomic E-state index is 6.20. The highest BCUT2D eigenvalue weighted by Gasteiger charge is 2.26. The molecular formula is C18H21ClN4. The van der Waals surface area contributed by atoms with Crippen molar-refractivity contribution in [2.24, 2.45) is 0 Å². The Kier molecular flexibility index (Phi) is 4.19. The van der Waals surface area contributed by atoms with Gasteiger partial charge in [0.15, 0.2) is 0 Å². The smallest absolute Gasteiger partial charge is 0.224 e. The summed E-state index contributed by atoms with van der Waals surface area (Å²) in [5.74, 6) is 1.08. The Morgan fingerprint density at radius 2 is 1.78 bits per heavy atom. The van der Waals surface area contributed by atoms with Crippen LogP contribution in [0.25, 0.3) is 0 Å². The minimum absolute atomic E-state index is 0.382. The summed E-state index contributed by atoms with van der Waals surface area (Å²) in [6.45, 7) is 5.04. The van der Waals surface area contributed by atoms with E-state index < -0.39 is 0 Å². The fourth-order valence-corrected chi connectivity index (χ4v) is 3.78. The molecular weight excluding hydrogens is 308 g/mol. The van der Waals surface area contributed by atoms with Gasteiger partial charge < -0.3 is 4.90 Å². The van der Waals surface area contributed by atoms with Crippen molar-refractivity contribution >= 4 is 17.4 Å². The number of anilines is 1. The Morgan fingerprint density at radius 3 is 2.57 bits per heavy atom. The molecule has 0 amide bonds. The summed E-state index contributed by atoms with van der Waals surface area (Å²) in [6, 6.07) is 10.6. The van der Waals surface area contributed by atoms with Crippen LogP contribution in [-0.4, -0.2) is 34.5 Å². The molecule has 0 radical (unpaired) electrons. The molecule has 0 unspecified atom stereocenters. The first-order valence-electron chi connectivity index (χ1n) is 8.36. The van der Waals surface area contributed by atoms with Gasteiger partial charge in [-0.1, -0.05) is 30.3 Å². The molecule has 2 aliphatic heterocycles. The minimum atomic E-state index is 0.382. The van der Waals surface area contributed by atoms with Gasteiger partial charge in [-0.25, -0.2) is 9.97 Å². The number of fused-ring (bicyclic) bond motifs is 1. The number of benzene rings is 1. The average molecular weight is 329 g/mol. The van der Waals surface area contributed by atoms with Crippen molar-refractivity contribution < 1.29 is 0 Å². The van der Waals surface area contributed by atoms with E-state index in [-0.39, 0.29) is 0 Å². The molecule has 0 spiro atoms. The van der Waals surface area contributed by atoms with E-state index in [1.165, 1.54) is 24.0 Å². The van der Waals surface area contributed by atoms with Crippen molar-refractivity contribution in [2.75, 3.05) is 24.5 Å². The molecule has 0 atom stereocenters. The lowest BCUT2D eigenvalue weighted by molar-refractivity contribution is 0.241. The number of aromatic nitrogens is 2. The molecule has 2 aromatic rings. The first kappa shape index (κ1) is 14.9. The Labute approximate surface area is 142 Å². The molecule has 1 fully saturated rings. The van der Waals surface area contributed by atoms with Crippen molar-refractivity contribution in [3.05, 3.63) is 52.4 Å². The average Bonchev–Trinajstić information content (AvgIpc) is 3.09.